The predicted octanol–water partition coefficient (Wildman–Crippen LogP) is 2.72. The van der Waals surface area contributed by atoms with E-state index in [0.29, 0.717) is 25.3 Å². The van der Waals surface area contributed by atoms with Crippen LogP contribution in [0.4, 0.5) is 0 Å². The Hall–Kier alpha value is -2.40. The maximum absolute atomic E-state index is 13.0. The van der Waals surface area contributed by atoms with Crippen molar-refractivity contribution >= 4 is 5.91 Å². The van der Waals surface area contributed by atoms with Crippen LogP contribution in [0.3, 0.4) is 0 Å². The van der Waals surface area contributed by atoms with Gasteiger partial charge in [-0.2, -0.15) is 0 Å². The van der Waals surface area contributed by atoms with Crippen LogP contribution in [-0.2, 0) is 11.3 Å². The molecule has 2 heterocycles. The van der Waals surface area contributed by atoms with Crippen molar-refractivity contribution in [1.82, 2.24) is 9.47 Å². The number of likely N-dealkylation sites (tertiary alicyclic amines) is 1. The number of aromatic nitrogens is 1. The Bertz CT molecular complexity index is 811. The van der Waals surface area contributed by atoms with Gasteiger partial charge in [-0.15, -0.1) is 0 Å². The molecule has 0 radical (unpaired) electrons. The van der Waals surface area contributed by atoms with E-state index >= 15 is 0 Å². The molecule has 5 nitrogen and oxygen atoms in total. The maximum Gasteiger partial charge on any atom is 0.255 e. The van der Waals surface area contributed by atoms with Gasteiger partial charge in [0.2, 0.25) is 0 Å². The smallest absolute Gasteiger partial charge is 0.255 e. The molecule has 1 aromatic heterocycles. The van der Waals surface area contributed by atoms with E-state index in [1.807, 2.05) is 23.1 Å². The molecule has 1 saturated heterocycles. The topological polar surface area (TPSA) is 51.5 Å². The summed E-state index contributed by atoms with van der Waals surface area (Å²) in [6.07, 6.45) is 1.64. The molecular weight excluding hydrogens is 316 g/mol. The van der Waals surface area contributed by atoms with E-state index in [0.717, 1.165) is 5.56 Å². The van der Waals surface area contributed by atoms with Gasteiger partial charge in [-0.25, -0.2) is 0 Å². The Labute approximate surface area is 147 Å². The Kier molecular flexibility index (Phi) is 4.77. The molecule has 1 aromatic carbocycles. The minimum Gasteiger partial charge on any atom is -0.383 e. The van der Waals surface area contributed by atoms with E-state index in [1.54, 1.807) is 19.4 Å². The fourth-order valence-electron chi connectivity index (χ4n) is 3.57. The molecule has 1 aliphatic rings. The van der Waals surface area contributed by atoms with Crippen molar-refractivity contribution in [3.05, 3.63) is 70.1 Å². The molecule has 1 fully saturated rings. The van der Waals surface area contributed by atoms with Gasteiger partial charge >= 0.3 is 0 Å². The Balaban J connectivity index is 1.87. The number of hydrogen-bond acceptors (Lipinski definition) is 3. The largest absolute Gasteiger partial charge is 0.383 e. The first-order valence-electron chi connectivity index (χ1n) is 8.49. The molecule has 1 atom stereocenters. The zero-order chi connectivity index (χ0) is 18.0. The number of carbonyl (C=O) groups is 1. The van der Waals surface area contributed by atoms with Gasteiger partial charge in [-0.3, -0.25) is 9.59 Å². The minimum absolute atomic E-state index is 0.0293. The average Bonchev–Trinajstić information content (AvgIpc) is 2.59. The zero-order valence-electron chi connectivity index (χ0n) is 14.9. The van der Waals surface area contributed by atoms with Crippen LogP contribution in [0, 0.1) is 5.41 Å². The van der Waals surface area contributed by atoms with Crippen LogP contribution in [-0.4, -0.2) is 35.6 Å². The third-order valence-corrected chi connectivity index (χ3v) is 4.77. The third-order valence-electron chi connectivity index (χ3n) is 4.77. The number of pyridine rings is 1. The minimum atomic E-state index is -0.128. The fourth-order valence-corrected chi connectivity index (χ4v) is 3.57. The number of nitrogens with zero attached hydrogens (tertiary/aromatic N) is 2. The standard InChI is InChI=1S/C20H24N2O3/c1-20(2)14-22(18(20)15-7-5-4-6-8-15)19(24)16-9-10-17(23)21(13-16)11-12-25-3/h4-10,13,18H,11-12,14H2,1-3H3/t18-/m1/s1. The van der Waals surface area contributed by atoms with E-state index < -0.39 is 0 Å². The second-order valence-corrected chi connectivity index (χ2v) is 7.18. The monoisotopic (exact) mass is 340 g/mol. The highest BCUT2D eigenvalue weighted by Gasteiger charge is 2.48. The van der Waals surface area contributed by atoms with Gasteiger partial charge in [0, 0.05) is 37.9 Å². The fraction of sp³-hybridized carbons (Fsp3) is 0.400. The summed E-state index contributed by atoms with van der Waals surface area (Å²) in [6.45, 7) is 5.91. The van der Waals surface area contributed by atoms with Crippen LogP contribution in [0.25, 0.3) is 0 Å². The summed E-state index contributed by atoms with van der Waals surface area (Å²) < 4.78 is 6.55. The first kappa shape index (κ1) is 17.4. The number of ether oxygens (including phenoxy) is 1. The summed E-state index contributed by atoms with van der Waals surface area (Å²) in [6, 6.07) is 13.2. The summed E-state index contributed by atoms with van der Waals surface area (Å²) in [5, 5.41) is 0. The van der Waals surface area contributed by atoms with Gasteiger partial charge < -0.3 is 14.2 Å². The molecule has 1 aliphatic heterocycles. The van der Waals surface area contributed by atoms with Crippen molar-refractivity contribution in [2.75, 3.05) is 20.3 Å². The van der Waals surface area contributed by atoms with Crippen molar-refractivity contribution in [3.63, 3.8) is 0 Å². The van der Waals surface area contributed by atoms with Crippen molar-refractivity contribution in [1.29, 1.82) is 0 Å². The number of hydrogen-bond donors (Lipinski definition) is 0. The highest BCUT2D eigenvalue weighted by Crippen LogP contribution is 2.48. The van der Waals surface area contributed by atoms with Crippen LogP contribution in [0.15, 0.2) is 53.5 Å². The van der Waals surface area contributed by atoms with Gasteiger partial charge in [0.25, 0.3) is 11.5 Å². The van der Waals surface area contributed by atoms with Crippen LogP contribution in [0.5, 0.6) is 0 Å². The summed E-state index contributed by atoms with van der Waals surface area (Å²) >= 11 is 0. The number of benzene rings is 1. The third kappa shape index (κ3) is 3.37. The lowest BCUT2D eigenvalue weighted by atomic mass is 9.71. The highest BCUT2D eigenvalue weighted by atomic mass is 16.5. The van der Waals surface area contributed by atoms with Crippen molar-refractivity contribution in [2.24, 2.45) is 5.41 Å². The molecule has 132 valence electrons. The summed E-state index contributed by atoms with van der Waals surface area (Å²) in [7, 11) is 1.59. The number of carbonyl (C=O) groups excluding carboxylic acids is 1. The molecular formula is C20H24N2O3. The summed E-state index contributed by atoms with van der Waals surface area (Å²) in [5.74, 6) is -0.0423. The Morgan fingerprint density at radius 1 is 1.20 bits per heavy atom. The van der Waals surface area contributed by atoms with E-state index in [-0.39, 0.29) is 22.9 Å². The molecule has 0 N–H and O–H groups in total. The molecule has 1 amide bonds. The van der Waals surface area contributed by atoms with Crippen molar-refractivity contribution < 1.29 is 9.53 Å². The lowest BCUT2D eigenvalue weighted by Crippen LogP contribution is -2.57. The van der Waals surface area contributed by atoms with Crippen LogP contribution in [0.2, 0.25) is 0 Å². The van der Waals surface area contributed by atoms with E-state index in [1.165, 1.54) is 10.6 Å². The van der Waals surface area contributed by atoms with Gasteiger partial charge in [-0.1, -0.05) is 44.2 Å². The predicted molar refractivity (Wildman–Crippen MR) is 96.6 cm³/mol. The van der Waals surface area contributed by atoms with Crippen LogP contribution in [0.1, 0.15) is 35.8 Å². The lowest BCUT2D eigenvalue weighted by Gasteiger charge is -2.54. The van der Waals surface area contributed by atoms with Gasteiger partial charge in [-0.05, 0) is 11.6 Å². The molecule has 0 saturated carbocycles. The number of methoxy groups -OCH3 is 1. The molecule has 3 rings (SSSR count). The van der Waals surface area contributed by atoms with Crippen LogP contribution < -0.4 is 5.56 Å². The van der Waals surface area contributed by atoms with Gasteiger partial charge in [0.1, 0.15) is 0 Å². The highest BCUT2D eigenvalue weighted by molar-refractivity contribution is 5.95. The average molecular weight is 340 g/mol. The number of amides is 1. The van der Waals surface area contributed by atoms with Crippen molar-refractivity contribution in [3.8, 4) is 0 Å². The van der Waals surface area contributed by atoms with E-state index in [9.17, 15) is 9.59 Å². The normalized spacial score (nSPS) is 18.7. The lowest BCUT2D eigenvalue weighted by molar-refractivity contribution is -0.0323. The van der Waals surface area contributed by atoms with Crippen LogP contribution >= 0.6 is 0 Å². The molecule has 0 spiro atoms. The molecule has 0 unspecified atom stereocenters. The Morgan fingerprint density at radius 3 is 2.56 bits per heavy atom. The molecule has 0 aliphatic carbocycles. The SMILES string of the molecule is COCCn1cc(C(=O)N2CC(C)(C)[C@H]2c2ccccc2)ccc1=O. The molecule has 25 heavy (non-hydrogen) atoms. The maximum atomic E-state index is 13.0. The second-order valence-electron chi connectivity index (χ2n) is 7.18. The van der Waals surface area contributed by atoms with E-state index in [2.05, 4.69) is 26.0 Å². The first-order chi connectivity index (χ1) is 11.9. The number of rotatable bonds is 5. The van der Waals surface area contributed by atoms with Gasteiger partial charge in [0.15, 0.2) is 0 Å². The zero-order valence-corrected chi connectivity index (χ0v) is 14.9. The molecule has 5 heteroatoms. The molecule has 0 bridgehead atoms. The first-order valence-corrected chi connectivity index (χ1v) is 8.49. The van der Waals surface area contributed by atoms with Crippen molar-refractivity contribution in [2.45, 2.75) is 26.4 Å². The van der Waals surface area contributed by atoms with Gasteiger partial charge in [0.05, 0.1) is 18.2 Å². The Morgan fingerprint density at radius 2 is 1.92 bits per heavy atom. The summed E-state index contributed by atoms with van der Waals surface area (Å²) in [4.78, 5) is 26.8. The molecule has 2 aromatic rings. The quantitative estimate of drug-likeness (QED) is 0.841. The van der Waals surface area contributed by atoms with E-state index in [4.69, 9.17) is 4.74 Å². The summed E-state index contributed by atoms with van der Waals surface area (Å²) in [5.41, 5.74) is 1.57. The second kappa shape index (κ2) is 6.84.